The Morgan fingerprint density at radius 3 is 2.50 bits per heavy atom. The highest BCUT2D eigenvalue weighted by Crippen LogP contribution is 2.16. The highest BCUT2D eigenvalue weighted by Gasteiger charge is 2.22. The lowest BCUT2D eigenvalue weighted by atomic mass is 10.2. The smallest absolute Gasteiger partial charge is 0.276 e. The summed E-state index contributed by atoms with van der Waals surface area (Å²) in [6, 6.07) is 7.26. The van der Waals surface area contributed by atoms with Crippen LogP contribution in [0, 0.1) is 6.92 Å². The van der Waals surface area contributed by atoms with Crippen LogP contribution in [0.1, 0.15) is 23.1 Å². The number of likely N-dealkylation sites (N-methyl/N-ethyl adjacent to an activating group) is 1. The summed E-state index contributed by atoms with van der Waals surface area (Å²) in [4.78, 5) is 15.6. The molecule has 0 fully saturated rings. The van der Waals surface area contributed by atoms with Gasteiger partial charge in [0, 0.05) is 26.7 Å². The molecule has 2 rings (SSSR count). The van der Waals surface area contributed by atoms with Gasteiger partial charge in [-0.3, -0.25) is 4.79 Å². The van der Waals surface area contributed by atoms with Gasteiger partial charge in [-0.2, -0.15) is 9.90 Å². The first-order valence-corrected chi connectivity index (χ1v) is 8.11. The molecule has 8 nitrogen and oxygen atoms in total. The van der Waals surface area contributed by atoms with Crippen LogP contribution in [0.25, 0.3) is 5.69 Å². The Balaban J connectivity index is 0.00000338. The van der Waals surface area contributed by atoms with Crippen LogP contribution < -0.4 is 10.5 Å². The number of nitrogens with zero attached hydrogens (tertiary/aromatic N) is 4. The summed E-state index contributed by atoms with van der Waals surface area (Å²) in [5, 5.41) is 8.68. The van der Waals surface area contributed by atoms with Crippen molar-refractivity contribution in [2.45, 2.75) is 19.9 Å². The maximum absolute atomic E-state index is 12.5. The SMILES string of the molecule is COCCOc1ccc(-n2nc(C)c(C(=O)N(C)C(C)CN)n2)cc1.Cl. The van der Waals surface area contributed by atoms with Crippen LogP contribution in [0.4, 0.5) is 0 Å². The molecule has 1 amide bonds. The van der Waals surface area contributed by atoms with E-state index in [1.807, 2.05) is 31.2 Å². The Morgan fingerprint density at radius 1 is 1.27 bits per heavy atom. The van der Waals surface area contributed by atoms with Gasteiger partial charge in [-0.15, -0.1) is 17.5 Å². The fraction of sp³-hybridized carbons (Fsp3) is 0.471. The molecule has 1 aromatic carbocycles. The van der Waals surface area contributed by atoms with Gasteiger partial charge in [-0.1, -0.05) is 0 Å². The van der Waals surface area contributed by atoms with Crippen LogP contribution >= 0.6 is 12.4 Å². The number of halogens is 1. The number of rotatable bonds is 8. The van der Waals surface area contributed by atoms with Crippen molar-refractivity contribution in [2.75, 3.05) is 33.9 Å². The van der Waals surface area contributed by atoms with Crippen molar-refractivity contribution < 1.29 is 14.3 Å². The molecule has 0 spiro atoms. The van der Waals surface area contributed by atoms with E-state index in [4.69, 9.17) is 15.2 Å². The number of benzene rings is 1. The Labute approximate surface area is 159 Å². The third kappa shape index (κ3) is 5.17. The third-order valence-electron chi connectivity index (χ3n) is 3.93. The van der Waals surface area contributed by atoms with Gasteiger partial charge in [0.25, 0.3) is 5.91 Å². The van der Waals surface area contributed by atoms with Crippen LogP contribution in [0.3, 0.4) is 0 Å². The number of amides is 1. The number of carbonyl (C=O) groups excluding carboxylic acids is 1. The van der Waals surface area contributed by atoms with Crippen molar-refractivity contribution in [3.05, 3.63) is 35.7 Å². The molecule has 26 heavy (non-hydrogen) atoms. The zero-order chi connectivity index (χ0) is 18.4. The second-order valence-electron chi connectivity index (χ2n) is 5.76. The molecule has 1 aromatic heterocycles. The molecule has 1 heterocycles. The Morgan fingerprint density at radius 2 is 1.92 bits per heavy atom. The quantitative estimate of drug-likeness (QED) is 0.693. The van der Waals surface area contributed by atoms with E-state index in [9.17, 15) is 4.79 Å². The third-order valence-corrected chi connectivity index (χ3v) is 3.93. The maximum Gasteiger partial charge on any atom is 0.276 e. The maximum atomic E-state index is 12.5. The van der Waals surface area contributed by atoms with Crippen molar-refractivity contribution in [2.24, 2.45) is 5.73 Å². The van der Waals surface area contributed by atoms with Crippen LogP contribution in [0.5, 0.6) is 5.75 Å². The molecule has 144 valence electrons. The molecule has 0 saturated carbocycles. The van der Waals surface area contributed by atoms with Gasteiger partial charge in [0.1, 0.15) is 12.4 Å². The zero-order valence-electron chi connectivity index (χ0n) is 15.5. The number of nitrogens with two attached hydrogens (primary N) is 1. The largest absolute Gasteiger partial charge is 0.491 e. The molecule has 2 aromatic rings. The Hall–Kier alpha value is -2.16. The Bertz CT molecular complexity index is 705. The van der Waals surface area contributed by atoms with Crippen molar-refractivity contribution >= 4 is 18.3 Å². The van der Waals surface area contributed by atoms with Gasteiger partial charge < -0.3 is 20.1 Å². The number of methoxy groups -OCH3 is 1. The monoisotopic (exact) mass is 383 g/mol. The summed E-state index contributed by atoms with van der Waals surface area (Å²) in [5.41, 5.74) is 7.27. The standard InChI is InChI=1S/C17H25N5O3.ClH/c1-12(11-18)21(3)17(23)16-13(2)19-22(20-16)14-5-7-15(8-6-14)25-10-9-24-4;/h5-8,12H,9-11,18H2,1-4H3;1H. The second-order valence-corrected chi connectivity index (χ2v) is 5.76. The van der Waals surface area contributed by atoms with E-state index >= 15 is 0 Å². The normalized spacial score (nSPS) is 11.6. The highest BCUT2D eigenvalue weighted by molar-refractivity contribution is 5.93. The predicted molar refractivity (Wildman–Crippen MR) is 101 cm³/mol. The van der Waals surface area contributed by atoms with E-state index in [0.29, 0.717) is 31.1 Å². The first-order chi connectivity index (χ1) is 12.0. The summed E-state index contributed by atoms with van der Waals surface area (Å²) < 4.78 is 10.5. The first kappa shape index (κ1) is 21.9. The number of hydrogen-bond acceptors (Lipinski definition) is 6. The molecule has 0 aliphatic carbocycles. The number of aromatic nitrogens is 3. The van der Waals surface area contributed by atoms with E-state index in [1.165, 1.54) is 4.80 Å². The molecule has 0 aliphatic rings. The molecular formula is C17H26ClN5O3. The van der Waals surface area contributed by atoms with Crippen LogP contribution in [0.2, 0.25) is 0 Å². The van der Waals surface area contributed by atoms with Crippen molar-refractivity contribution in [1.82, 2.24) is 19.9 Å². The number of carbonyl (C=O) groups is 1. The molecule has 0 aliphatic heterocycles. The summed E-state index contributed by atoms with van der Waals surface area (Å²) in [6.07, 6.45) is 0. The zero-order valence-corrected chi connectivity index (χ0v) is 16.3. The number of hydrogen-bond donors (Lipinski definition) is 1. The summed E-state index contributed by atoms with van der Waals surface area (Å²) in [7, 11) is 3.34. The van der Waals surface area contributed by atoms with Gasteiger partial charge in [0.05, 0.1) is 18.0 Å². The molecule has 0 bridgehead atoms. The van der Waals surface area contributed by atoms with Gasteiger partial charge in [0.2, 0.25) is 0 Å². The van der Waals surface area contributed by atoms with Gasteiger partial charge >= 0.3 is 0 Å². The van der Waals surface area contributed by atoms with Crippen LogP contribution in [0.15, 0.2) is 24.3 Å². The Kier molecular flexibility index (Phi) is 8.50. The van der Waals surface area contributed by atoms with Crippen molar-refractivity contribution in [3.63, 3.8) is 0 Å². The van der Waals surface area contributed by atoms with Crippen LogP contribution in [-0.2, 0) is 4.74 Å². The van der Waals surface area contributed by atoms with E-state index < -0.39 is 0 Å². The van der Waals surface area contributed by atoms with E-state index in [2.05, 4.69) is 10.2 Å². The molecule has 0 saturated heterocycles. The number of ether oxygens (including phenoxy) is 2. The van der Waals surface area contributed by atoms with Gasteiger partial charge in [-0.25, -0.2) is 0 Å². The molecule has 2 N–H and O–H groups in total. The van der Waals surface area contributed by atoms with E-state index in [1.54, 1.807) is 26.0 Å². The van der Waals surface area contributed by atoms with Gasteiger partial charge in [0.15, 0.2) is 5.69 Å². The average Bonchev–Trinajstić information content (AvgIpc) is 3.02. The second kappa shape index (κ2) is 10.1. The first-order valence-electron chi connectivity index (χ1n) is 8.11. The molecule has 0 radical (unpaired) electrons. The molecular weight excluding hydrogens is 358 g/mol. The summed E-state index contributed by atoms with van der Waals surface area (Å²) in [5.74, 6) is 0.540. The predicted octanol–water partition coefficient (Wildman–Crippen LogP) is 1.44. The topological polar surface area (TPSA) is 95.5 Å². The van der Waals surface area contributed by atoms with Gasteiger partial charge in [-0.05, 0) is 38.1 Å². The van der Waals surface area contributed by atoms with Crippen LogP contribution in [-0.4, -0.2) is 65.8 Å². The van der Waals surface area contributed by atoms with Crippen molar-refractivity contribution in [1.29, 1.82) is 0 Å². The average molecular weight is 384 g/mol. The minimum absolute atomic E-state index is 0. The van der Waals surface area contributed by atoms with E-state index in [0.717, 1.165) is 11.4 Å². The summed E-state index contributed by atoms with van der Waals surface area (Å²) >= 11 is 0. The number of aryl methyl sites for hydroxylation is 1. The fourth-order valence-electron chi connectivity index (χ4n) is 2.14. The molecule has 1 atom stereocenters. The fourth-order valence-corrected chi connectivity index (χ4v) is 2.14. The lowest BCUT2D eigenvalue weighted by molar-refractivity contribution is 0.0741. The van der Waals surface area contributed by atoms with E-state index in [-0.39, 0.29) is 24.4 Å². The lowest BCUT2D eigenvalue weighted by Crippen LogP contribution is -2.40. The lowest BCUT2D eigenvalue weighted by Gasteiger charge is -2.22. The minimum atomic E-state index is -0.193. The summed E-state index contributed by atoms with van der Waals surface area (Å²) in [6.45, 7) is 5.06. The molecule has 1 unspecified atom stereocenters. The van der Waals surface area contributed by atoms with Crippen molar-refractivity contribution in [3.8, 4) is 11.4 Å². The minimum Gasteiger partial charge on any atom is -0.491 e. The highest BCUT2D eigenvalue weighted by atomic mass is 35.5. The molecule has 9 heteroatoms.